The molecule has 4 rings (SSSR count). The Morgan fingerprint density at radius 3 is 2.63 bits per heavy atom. The Bertz CT molecular complexity index is 956. The van der Waals surface area contributed by atoms with Gasteiger partial charge in [-0.1, -0.05) is 31.4 Å². The maximum atomic E-state index is 12.8. The third kappa shape index (κ3) is 4.30. The summed E-state index contributed by atoms with van der Waals surface area (Å²) in [6.07, 6.45) is 8.16. The van der Waals surface area contributed by atoms with E-state index in [4.69, 9.17) is 9.73 Å². The van der Waals surface area contributed by atoms with Crippen molar-refractivity contribution in [3.8, 4) is 5.75 Å². The second-order valence-electron chi connectivity index (χ2n) is 8.34. The summed E-state index contributed by atoms with van der Waals surface area (Å²) in [5.74, 6) is 1.78. The molecule has 2 heterocycles. The van der Waals surface area contributed by atoms with Gasteiger partial charge in [0.25, 0.3) is 5.91 Å². The molecule has 2 aliphatic heterocycles. The average Bonchev–Trinajstić information content (AvgIpc) is 3.09. The van der Waals surface area contributed by atoms with Gasteiger partial charge in [0.15, 0.2) is 0 Å². The molecule has 3 aliphatic rings. The van der Waals surface area contributed by atoms with E-state index in [1.165, 1.54) is 29.0 Å². The van der Waals surface area contributed by atoms with Crippen LogP contribution >= 0.6 is 0 Å². The zero-order chi connectivity index (χ0) is 21.2. The minimum absolute atomic E-state index is 0.0629. The lowest BCUT2D eigenvalue weighted by atomic mass is 9.88. The summed E-state index contributed by atoms with van der Waals surface area (Å²) in [5, 5.41) is 4.24. The van der Waals surface area contributed by atoms with Crippen LogP contribution in [-0.4, -0.2) is 50.2 Å². The first-order chi connectivity index (χ1) is 14.4. The molecule has 1 saturated carbocycles. The molecular formula is C22H29N3O4S. The van der Waals surface area contributed by atoms with Crippen molar-refractivity contribution in [2.24, 2.45) is 10.9 Å². The lowest BCUT2D eigenvalue weighted by Gasteiger charge is -2.34. The number of carbonyl (C=O) groups excluding carboxylic acids is 1. The van der Waals surface area contributed by atoms with Gasteiger partial charge in [0.2, 0.25) is 10.0 Å². The number of ether oxygens (including phenoxy) is 1. The van der Waals surface area contributed by atoms with Gasteiger partial charge in [-0.05, 0) is 49.5 Å². The maximum Gasteiger partial charge on any atom is 0.253 e. The fraction of sp³-hybridized carbons (Fsp3) is 0.545. The van der Waals surface area contributed by atoms with Crippen LogP contribution < -0.4 is 10.1 Å². The quantitative estimate of drug-likeness (QED) is 0.776. The highest BCUT2D eigenvalue weighted by molar-refractivity contribution is 7.92. The molecule has 1 aliphatic carbocycles. The van der Waals surface area contributed by atoms with Crippen molar-refractivity contribution in [3.63, 3.8) is 0 Å². The molecule has 0 unspecified atom stereocenters. The lowest BCUT2D eigenvalue weighted by Crippen LogP contribution is -2.50. The zero-order valence-electron chi connectivity index (χ0n) is 17.3. The van der Waals surface area contributed by atoms with Crippen molar-refractivity contribution < 1.29 is 17.9 Å². The van der Waals surface area contributed by atoms with E-state index in [1.54, 1.807) is 19.3 Å². The molecule has 0 radical (unpaired) electrons. The molecule has 2 fully saturated rings. The third-order valence-corrected chi connectivity index (χ3v) is 7.99. The molecule has 1 aromatic carbocycles. The number of rotatable bonds is 5. The first kappa shape index (κ1) is 21.1. The number of sulfonamides is 1. The standard InChI is InChI=1S/C22H29N3O4S/c1-29-19-9-5-6-17(16-19)10-15-30(27,28)25-13-11-22(12-14-25)21(26)23-20(24-22)18-7-3-2-4-8-18/h5-6,9-10,15-16,18H,2-4,7-8,11-14H2,1H3,(H,23,24,26)/b15-10+. The summed E-state index contributed by atoms with van der Waals surface area (Å²) < 4.78 is 32.2. The van der Waals surface area contributed by atoms with Crippen LogP contribution in [0.4, 0.5) is 0 Å². The summed E-state index contributed by atoms with van der Waals surface area (Å²) in [4.78, 5) is 17.5. The number of benzene rings is 1. The molecule has 7 nitrogen and oxygen atoms in total. The molecule has 0 aromatic heterocycles. The van der Waals surface area contributed by atoms with Crippen LogP contribution in [0.3, 0.4) is 0 Å². The fourth-order valence-electron chi connectivity index (χ4n) is 4.56. The maximum absolute atomic E-state index is 12.8. The number of carbonyl (C=O) groups is 1. The number of nitrogens with one attached hydrogen (secondary N) is 1. The number of amides is 1. The number of nitrogens with zero attached hydrogens (tertiary/aromatic N) is 2. The van der Waals surface area contributed by atoms with Crippen LogP contribution in [-0.2, 0) is 14.8 Å². The third-order valence-electron chi connectivity index (χ3n) is 6.43. The Hall–Kier alpha value is -2.19. The average molecular weight is 432 g/mol. The lowest BCUT2D eigenvalue weighted by molar-refractivity contribution is -0.124. The predicted molar refractivity (Wildman–Crippen MR) is 117 cm³/mol. The summed E-state index contributed by atoms with van der Waals surface area (Å²) in [7, 11) is -1.99. The van der Waals surface area contributed by atoms with Crippen LogP contribution in [0.15, 0.2) is 34.7 Å². The molecule has 162 valence electrons. The number of hydrogen-bond acceptors (Lipinski definition) is 5. The highest BCUT2D eigenvalue weighted by atomic mass is 32.2. The van der Waals surface area contributed by atoms with Crippen LogP contribution in [0.2, 0.25) is 0 Å². The van der Waals surface area contributed by atoms with Crippen LogP contribution in [0.5, 0.6) is 5.75 Å². The van der Waals surface area contributed by atoms with E-state index in [9.17, 15) is 13.2 Å². The fourth-order valence-corrected chi connectivity index (χ4v) is 5.75. The molecular weight excluding hydrogens is 402 g/mol. The van der Waals surface area contributed by atoms with Gasteiger partial charge in [-0.25, -0.2) is 8.42 Å². The van der Waals surface area contributed by atoms with E-state index in [2.05, 4.69) is 5.32 Å². The van der Waals surface area contributed by atoms with Gasteiger partial charge in [-0.3, -0.25) is 9.79 Å². The summed E-state index contributed by atoms with van der Waals surface area (Å²) in [6.45, 7) is 0.583. The largest absolute Gasteiger partial charge is 0.497 e. The Labute approximate surface area is 178 Å². The van der Waals surface area contributed by atoms with E-state index in [0.717, 1.165) is 24.2 Å². The van der Waals surface area contributed by atoms with Crippen molar-refractivity contribution in [1.29, 1.82) is 0 Å². The van der Waals surface area contributed by atoms with E-state index in [1.807, 2.05) is 18.2 Å². The van der Waals surface area contributed by atoms with Gasteiger partial charge in [-0.2, -0.15) is 4.31 Å². The van der Waals surface area contributed by atoms with Crippen LogP contribution in [0, 0.1) is 5.92 Å². The first-order valence-corrected chi connectivity index (χ1v) is 12.2. The van der Waals surface area contributed by atoms with Gasteiger partial charge in [0.1, 0.15) is 17.1 Å². The Kier molecular flexibility index (Phi) is 5.97. The van der Waals surface area contributed by atoms with Gasteiger partial charge in [-0.15, -0.1) is 0 Å². The summed E-state index contributed by atoms with van der Waals surface area (Å²) >= 11 is 0. The van der Waals surface area contributed by atoms with Crippen LogP contribution in [0.1, 0.15) is 50.5 Å². The molecule has 0 atom stereocenters. The highest BCUT2D eigenvalue weighted by Crippen LogP contribution is 2.35. The highest BCUT2D eigenvalue weighted by Gasteiger charge is 2.48. The van der Waals surface area contributed by atoms with Crippen molar-refractivity contribution in [3.05, 3.63) is 35.2 Å². The normalized spacial score (nSPS) is 23.0. The van der Waals surface area contributed by atoms with E-state index >= 15 is 0 Å². The van der Waals surface area contributed by atoms with Crippen LogP contribution in [0.25, 0.3) is 6.08 Å². The molecule has 1 amide bonds. The number of aliphatic imine (C=N–C) groups is 1. The smallest absolute Gasteiger partial charge is 0.253 e. The molecule has 30 heavy (non-hydrogen) atoms. The molecule has 1 saturated heterocycles. The second kappa shape index (κ2) is 8.51. The second-order valence-corrected chi connectivity index (χ2v) is 10.2. The Morgan fingerprint density at radius 2 is 1.93 bits per heavy atom. The van der Waals surface area contributed by atoms with Gasteiger partial charge in [0, 0.05) is 24.4 Å². The van der Waals surface area contributed by atoms with Gasteiger partial charge >= 0.3 is 0 Å². The number of amidine groups is 1. The molecule has 0 bridgehead atoms. The van der Waals surface area contributed by atoms with Gasteiger partial charge in [0.05, 0.1) is 7.11 Å². The molecule has 1 N–H and O–H groups in total. The summed E-state index contributed by atoms with van der Waals surface area (Å²) in [6, 6.07) is 7.23. The number of piperidine rings is 1. The van der Waals surface area contributed by atoms with E-state index in [-0.39, 0.29) is 5.91 Å². The Morgan fingerprint density at radius 1 is 1.20 bits per heavy atom. The Balaban J connectivity index is 1.42. The topological polar surface area (TPSA) is 88.1 Å². The predicted octanol–water partition coefficient (Wildman–Crippen LogP) is 2.94. The molecule has 1 spiro atoms. The van der Waals surface area contributed by atoms with Crippen molar-refractivity contribution in [1.82, 2.24) is 9.62 Å². The first-order valence-electron chi connectivity index (χ1n) is 10.7. The van der Waals surface area contributed by atoms with E-state index in [0.29, 0.717) is 37.6 Å². The summed E-state index contributed by atoms with van der Waals surface area (Å²) in [5.41, 5.74) is -0.0433. The molecule has 8 heteroatoms. The monoisotopic (exact) mass is 431 g/mol. The number of hydrogen-bond donors (Lipinski definition) is 1. The van der Waals surface area contributed by atoms with Crippen molar-refractivity contribution >= 4 is 27.8 Å². The minimum atomic E-state index is -3.57. The molecule has 1 aromatic rings. The number of methoxy groups -OCH3 is 1. The zero-order valence-corrected chi connectivity index (χ0v) is 18.2. The minimum Gasteiger partial charge on any atom is -0.497 e. The van der Waals surface area contributed by atoms with E-state index < -0.39 is 15.6 Å². The van der Waals surface area contributed by atoms with Crippen molar-refractivity contribution in [2.45, 2.75) is 50.5 Å². The van der Waals surface area contributed by atoms with Crippen molar-refractivity contribution in [2.75, 3.05) is 20.2 Å². The SMILES string of the molecule is COc1cccc(/C=C/S(=O)(=O)N2CCC3(CC2)N=C(C2CCCCC2)NC3=O)c1. The van der Waals surface area contributed by atoms with Gasteiger partial charge < -0.3 is 10.1 Å².